The van der Waals surface area contributed by atoms with Crippen LogP contribution in [0.25, 0.3) is 0 Å². The Morgan fingerprint density at radius 3 is 2.29 bits per heavy atom. The van der Waals surface area contributed by atoms with Crippen LogP contribution in [-0.2, 0) is 6.42 Å². The highest BCUT2D eigenvalue weighted by molar-refractivity contribution is 5.39. The Morgan fingerprint density at radius 1 is 0.952 bits per heavy atom. The lowest BCUT2D eigenvalue weighted by Crippen LogP contribution is -2.26. The molecule has 21 heavy (non-hydrogen) atoms. The average Bonchev–Trinajstić information content (AvgIpc) is 2.54. The molecule has 0 saturated carbocycles. The lowest BCUT2D eigenvalue weighted by molar-refractivity contribution is 0.235. The number of para-hydroxylation sites is 2. The largest absolute Gasteiger partial charge is 0.493 e. The second kappa shape index (κ2) is 8.32. The van der Waals surface area contributed by atoms with Crippen molar-refractivity contribution in [3.8, 4) is 11.5 Å². The van der Waals surface area contributed by atoms with Crippen molar-refractivity contribution in [2.45, 2.75) is 6.42 Å². The van der Waals surface area contributed by atoms with Gasteiger partial charge in [-0.25, -0.2) is 0 Å². The summed E-state index contributed by atoms with van der Waals surface area (Å²) in [4.78, 5) is 0. The first-order valence-electron chi connectivity index (χ1n) is 7.28. The quantitative estimate of drug-likeness (QED) is 0.808. The summed E-state index contributed by atoms with van der Waals surface area (Å²) >= 11 is 0. The summed E-state index contributed by atoms with van der Waals surface area (Å²) in [6.45, 7) is 1.58. The molecule has 0 aliphatic heterocycles. The molecular weight excluding hydrogens is 262 g/mol. The van der Waals surface area contributed by atoms with Crippen LogP contribution in [0.5, 0.6) is 11.5 Å². The number of rotatable bonds is 8. The minimum Gasteiger partial charge on any atom is -0.493 e. The van der Waals surface area contributed by atoms with Gasteiger partial charge in [-0.2, -0.15) is 0 Å². The summed E-state index contributed by atoms with van der Waals surface area (Å²) in [6, 6.07) is 18.3. The molecule has 1 unspecified atom stereocenters. The average molecular weight is 285 g/mol. The summed E-state index contributed by atoms with van der Waals surface area (Å²) < 4.78 is 11.3. The fourth-order valence-corrected chi connectivity index (χ4v) is 2.37. The lowest BCUT2D eigenvalue weighted by atomic mass is 10.00. The van der Waals surface area contributed by atoms with Crippen molar-refractivity contribution < 1.29 is 9.47 Å². The molecule has 0 bridgehead atoms. The third kappa shape index (κ3) is 4.80. The van der Waals surface area contributed by atoms with Crippen LogP contribution in [0, 0.1) is 5.92 Å². The van der Waals surface area contributed by atoms with E-state index < -0.39 is 0 Å². The normalized spacial score (nSPS) is 11.9. The van der Waals surface area contributed by atoms with E-state index in [0.717, 1.165) is 24.5 Å². The lowest BCUT2D eigenvalue weighted by Gasteiger charge is -2.18. The molecule has 3 nitrogen and oxygen atoms in total. The predicted octanol–water partition coefficient (Wildman–Crippen LogP) is 3.15. The fourth-order valence-electron chi connectivity index (χ4n) is 2.37. The molecule has 0 heterocycles. The maximum atomic E-state index is 5.95. The number of hydrogen-bond acceptors (Lipinski definition) is 3. The van der Waals surface area contributed by atoms with Gasteiger partial charge in [-0.05, 0) is 31.2 Å². The van der Waals surface area contributed by atoms with E-state index >= 15 is 0 Å². The van der Waals surface area contributed by atoms with Crippen molar-refractivity contribution >= 4 is 0 Å². The van der Waals surface area contributed by atoms with Crippen molar-refractivity contribution in [3.05, 3.63) is 60.2 Å². The van der Waals surface area contributed by atoms with Gasteiger partial charge in [0.1, 0.15) is 0 Å². The Kier molecular flexibility index (Phi) is 6.10. The number of hydrogen-bond donors (Lipinski definition) is 1. The van der Waals surface area contributed by atoms with E-state index in [1.807, 2.05) is 37.4 Å². The molecule has 0 amide bonds. The van der Waals surface area contributed by atoms with Crippen LogP contribution in [0.4, 0.5) is 0 Å². The standard InChI is InChI=1S/C18H23NO2/c1-19-13-16(12-15-8-4-3-5-9-15)14-21-18-11-7-6-10-17(18)20-2/h3-11,16,19H,12-14H2,1-2H3. The molecular formula is C18H23NO2. The molecule has 112 valence electrons. The maximum absolute atomic E-state index is 5.95. The molecule has 0 aliphatic carbocycles. The van der Waals surface area contributed by atoms with Crippen LogP contribution in [-0.4, -0.2) is 27.3 Å². The van der Waals surface area contributed by atoms with E-state index in [-0.39, 0.29) is 0 Å². The summed E-state index contributed by atoms with van der Waals surface area (Å²) in [5, 5.41) is 3.24. The minimum atomic E-state index is 0.419. The number of methoxy groups -OCH3 is 1. The molecule has 0 radical (unpaired) electrons. The van der Waals surface area contributed by atoms with Crippen molar-refractivity contribution in [2.24, 2.45) is 5.92 Å². The molecule has 0 fully saturated rings. The summed E-state index contributed by atoms with van der Waals surface area (Å²) in [5.41, 5.74) is 1.33. The molecule has 2 rings (SSSR count). The zero-order valence-corrected chi connectivity index (χ0v) is 12.7. The van der Waals surface area contributed by atoms with Gasteiger partial charge in [0.15, 0.2) is 11.5 Å². The first kappa shape index (κ1) is 15.4. The van der Waals surface area contributed by atoms with Crippen molar-refractivity contribution in [1.82, 2.24) is 5.32 Å². The molecule has 1 N–H and O–H groups in total. The Hall–Kier alpha value is -2.00. The van der Waals surface area contributed by atoms with Gasteiger partial charge in [0.2, 0.25) is 0 Å². The van der Waals surface area contributed by atoms with Crippen LogP contribution in [0.2, 0.25) is 0 Å². The zero-order valence-electron chi connectivity index (χ0n) is 12.7. The first-order valence-corrected chi connectivity index (χ1v) is 7.28. The van der Waals surface area contributed by atoms with Crippen molar-refractivity contribution in [2.75, 3.05) is 27.3 Å². The first-order chi connectivity index (χ1) is 10.3. The summed E-state index contributed by atoms with van der Waals surface area (Å²) in [5.74, 6) is 2.00. The highest BCUT2D eigenvalue weighted by Gasteiger charge is 2.11. The van der Waals surface area contributed by atoms with Crippen LogP contribution >= 0.6 is 0 Å². The van der Waals surface area contributed by atoms with Gasteiger partial charge in [0.05, 0.1) is 13.7 Å². The molecule has 2 aromatic carbocycles. The van der Waals surface area contributed by atoms with Gasteiger partial charge < -0.3 is 14.8 Å². The van der Waals surface area contributed by atoms with Gasteiger partial charge in [-0.15, -0.1) is 0 Å². The zero-order chi connectivity index (χ0) is 14.9. The highest BCUT2D eigenvalue weighted by atomic mass is 16.5. The second-order valence-corrected chi connectivity index (χ2v) is 5.08. The van der Waals surface area contributed by atoms with E-state index in [1.54, 1.807) is 7.11 Å². The number of benzene rings is 2. The van der Waals surface area contributed by atoms with Crippen LogP contribution in [0.1, 0.15) is 5.56 Å². The topological polar surface area (TPSA) is 30.5 Å². The Labute approximate surface area is 126 Å². The van der Waals surface area contributed by atoms with E-state index in [1.165, 1.54) is 5.56 Å². The maximum Gasteiger partial charge on any atom is 0.161 e. The fraction of sp³-hybridized carbons (Fsp3) is 0.333. The number of ether oxygens (including phenoxy) is 2. The van der Waals surface area contributed by atoms with E-state index in [4.69, 9.17) is 9.47 Å². The minimum absolute atomic E-state index is 0.419. The summed E-state index contributed by atoms with van der Waals surface area (Å²) in [6.07, 6.45) is 0.997. The van der Waals surface area contributed by atoms with Crippen LogP contribution in [0.3, 0.4) is 0 Å². The molecule has 3 heteroatoms. The molecule has 0 aromatic heterocycles. The molecule has 0 aliphatic rings. The van der Waals surface area contributed by atoms with Gasteiger partial charge in [0.25, 0.3) is 0 Å². The highest BCUT2D eigenvalue weighted by Crippen LogP contribution is 2.26. The van der Waals surface area contributed by atoms with Gasteiger partial charge in [-0.1, -0.05) is 42.5 Å². The smallest absolute Gasteiger partial charge is 0.161 e. The Bertz CT molecular complexity index is 528. The van der Waals surface area contributed by atoms with E-state index in [9.17, 15) is 0 Å². The van der Waals surface area contributed by atoms with Gasteiger partial charge >= 0.3 is 0 Å². The third-order valence-electron chi connectivity index (χ3n) is 3.40. The predicted molar refractivity (Wildman–Crippen MR) is 86.1 cm³/mol. The van der Waals surface area contributed by atoms with E-state index in [0.29, 0.717) is 12.5 Å². The second-order valence-electron chi connectivity index (χ2n) is 5.08. The Balaban J connectivity index is 1.96. The van der Waals surface area contributed by atoms with E-state index in [2.05, 4.69) is 29.6 Å². The van der Waals surface area contributed by atoms with Crippen LogP contribution in [0.15, 0.2) is 54.6 Å². The SMILES string of the molecule is CNCC(COc1ccccc1OC)Cc1ccccc1. The van der Waals surface area contributed by atoms with Crippen molar-refractivity contribution in [3.63, 3.8) is 0 Å². The Morgan fingerprint density at radius 2 is 1.62 bits per heavy atom. The molecule has 0 spiro atoms. The molecule has 1 atom stereocenters. The molecule has 0 saturated heterocycles. The monoisotopic (exact) mass is 285 g/mol. The van der Waals surface area contributed by atoms with Crippen molar-refractivity contribution in [1.29, 1.82) is 0 Å². The van der Waals surface area contributed by atoms with Crippen LogP contribution < -0.4 is 14.8 Å². The van der Waals surface area contributed by atoms with Gasteiger partial charge in [-0.3, -0.25) is 0 Å². The molecule has 2 aromatic rings. The van der Waals surface area contributed by atoms with Gasteiger partial charge in [0, 0.05) is 12.5 Å². The third-order valence-corrected chi connectivity index (χ3v) is 3.40. The number of nitrogens with one attached hydrogen (secondary N) is 1. The summed E-state index contributed by atoms with van der Waals surface area (Å²) in [7, 11) is 3.64.